The highest BCUT2D eigenvalue weighted by Gasteiger charge is 2.13. The van der Waals surface area contributed by atoms with Gasteiger partial charge in [0.15, 0.2) is 5.82 Å². The van der Waals surface area contributed by atoms with Crippen LogP contribution < -0.4 is 0 Å². The van der Waals surface area contributed by atoms with Crippen molar-refractivity contribution >= 4 is 43.0 Å². The maximum atomic E-state index is 13.3. The van der Waals surface area contributed by atoms with Crippen molar-refractivity contribution in [3.63, 3.8) is 0 Å². The van der Waals surface area contributed by atoms with Gasteiger partial charge in [0.1, 0.15) is 3.79 Å². The lowest BCUT2D eigenvalue weighted by molar-refractivity contribution is -0.384. The van der Waals surface area contributed by atoms with Crippen molar-refractivity contribution in [1.82, 2.24) is 0 Å². The van der Waals surface area contributed by atoms with Crippen LogP contribution in [0.3, 0.4) is 0 Å². The van der Waals surface area contributed by atoms with Gasteiger partial charge < -0.3 is 0 Å². The SMILES string of the molecule is O=[N+]([O-])c1ccc2c(F)c(Br)sc2c1. The van der Waals surface area contributed by atoms with Gasteiger partial charge in [-0.05, 0) is 22.0 Å². The van der Waals surface area contributed by atoms with Gasteiger partial charge in [-0.15, -0.1) is 11.3 Å². The van der Waals surface area contributed by atoms with Gasteiger partial charge in [-0.25, -0.2) is 4.39 Å². The summed E-state index contributed by atoms with van der Waals surface area (Å²) in [6.45, 7) is 0. The predicted molar refractivity (Wildman–Crippen MR) is 56.1 cm³/mol. The minimum atomic E-state index is -0.495. The zero-order valence-electron chi connectivity index (χ0n) is 6.66. The van der Waals surface area contributed by atoms with E-state index in [4.69, 9.17) is 0 Å². The molecule has 0 bridgehead atoms. The van der Waals surface area contributed by atoms with E-state index in [1.165, 1.54) is 18.2 Å². The first-order valence-corrected chi connectivity index (χ1v) is 5.22. The lowest BCUT2D eigenvalue weighted by atomic mass is 10.2. The summed E-state index contributed by atoms with van der Waals surface area (Å²) in [5.41, 5.74) is -0.0220. The van der Waals surface area contributed by atoms with Crippen LogP contribution in [-0.2, 0) is 0 Å². The van der Waals surface area contributed by atoms with E-state index in [9.17, 15) is 14.5 Å². The lowest BCUT2D eigenvalue weighted by Gasteiger charge is -1.90. The van der Waals surface area contributed by atoms with E-state index in [1.54, 1.807) is 0 Å². The molecule has 0 saturated carbocycles. The van der Waals surface area contributed by atoms with E-state index in [0.29, 0.717) is 13.9 Å². The zero-order chi connectivity index (χ0) is 10.3. The molecule has 0 radical (unpaired) electrons. The highest BCUT2D eigenvalue weighted by atomic mass is 79.9. The highest BCUT2D eigenvalue weighted by molar-refractivity contribution is 9.11. The molecule has 1 aromatic carbocycles. The van der Waals surface area contributed by atoms with Gasteiger partial charge in [-0.1, -0.05) is 0 Å². The third-order valence-corrected chi connectivity index (χ3v) is 3.53. The molecule has 0 aliphatic heterocycles. The maximum absolute atomic E-state index is 13.3. The van der Waals surface area contributed by atoms with E-state index in [-0.39, 0.29) is 11.5 Å². The van der Waals surface area contributed by atoms with Crippen molar-refractivity contribution in [3.8, 4) is 0 Å². The van der Waals surface area contributed by atoms with Crippen LogP contribution in [-0.4, -0.2) is 4.92 Å². The summed E-state index contributed by atoms with van der Waals surface area (Å²) in [6.07, 6.45) is 0. The largest absolute Gasteiger partial charge is 0.270 e. The van der Waals surface area contributed by atoms with Gasteiger partial charge in [-0.2, -0.15) is 0 Å². The number of rotatable bonds is 1. The Labute approximate surface area is 90.4 Å². The summed E-state index contributed by atoms with van der Waals surface area (Å²) in [4.78, 5) is 9.95. The Balaban J connectivity index is 2.73. The zero-order valence-corrected chi connectivity index (χ0v) is 9.06. The molecule has 2 aromatic rings. The van der Waals surface area contributed by atoms with Crippen LogP contribution in [0.15, 0.2) is 22.0 Å². The van der Waals surface area contributed by atoms with Gasteiger partial charge in [0, 0.05) is 22.2 Å². The molecule has 0 unspecified atom stereocenters. The Morgan fingerprint density at radius 2 is 2.21 bits per heavy atom. The number of nitro groups is 1. The van der Waals surface area contributed by atoms with E-state index in [1.807, 2.05) is 0 Å². The molecule has 0 atom stereocenters. The molecule has 3 nitrogen and oxygen atoms in total. The number of nitro benzene ring substituents is 1. The third kappa shape index (κ3) is 1.40. The molecule has 1 heterocycles. The van der Waals surface area contributed by atoms with Crippen molar-refractivity contribution in [1.29, 1.82) is 0 Å². The Bertz CT molecular complexity index is 525. The average Bonchev–Trinajstić information content (AvgIpc) is 2.42. The Kier molecular flexibility index (Phi) is 2.24. The molecular weight excluding hydrogens is 273 g/mol. The van der Waals surface area contributed by atoms with Crippen molar-refractivity contribution in [2.45, 2.75) is 0 Å². The van der Waals surface area contributed by atoms with Crippen LogP contribution >= 0.6 is 27.3 Å². The first kappa shape index (κ1) is 9.54. The van der Waals surface area contributed by atoms with E-state index < -0.39 is 4.92 Å². The number of halogens is 2. The molecule has 0 aliphatic carbocycles. The second-order valence-electron chi connectivity index (χ2n) is 2.63. The molecule has 14 heavy (non-hydrogen) atoms. The number of non-ortho nitro benzene ring substituents is 1. The van der Waals surface area contributed by atoms with Gasteiger partial charge in [-0.3, -0.25) is 10.1 Å². The molecule has 0 aliphatic rings. The van der Waals surface area contributed by atoms with Gasteiger partial charge in [0.2, 0.25) is 0 Å². The number of nitrogens with zero attached hydrogens (tertiary/aromatic N) is 1. The summed E-state index contributed by atoms with van der Waals surface area (Å²) in [5.74, 6) is -0.361. The molecule has 0 fully saturated rings. The molecule has 72 valence electrons. The maximum Gasteiger partial charge on any atom is 0.270 e. The average molecular weight is 276 g/mol. The standard InChI is InChI=1S/C8H3BrFNO2S/c9-8-7(10)5-2-1-4(11(12)13)3-6(5)14-8/h1-3H. The fraction of sp³-hybridized carbons (Fsp3) is 0. The molecule has 0 N–H and O–H groups in total. The first-order valence-electron chi connectivity index (χ1n) is 3.61. The number of hydrogen-bond donors (Lipinski definition) is 0. The quantitative estimate of drug-likeness (QED) is 0.588. The number of hydrogen-bond acceptors (Lipinski definition) is 3. The second-order valence-corrected chi connectivity index (χ2v) is 5.00. The minimum Gasteiger partial charge on any atom is -0.258 e. The smallest absolute Gasteiger partial charge is 0.258 e. The van der Waals surface area contributed by atoms with Crippen LogP contribution in [0.25, 0.3) is 10.1 Å². The second kappa shape index (κ2) is 3.29. The Hall–Kier alpha value is -1.01. The monoisotopic (exact) mass is 275 g/mol. The van der Waals surface area contributed by atoms with Gasteiger partial charge >= 0.3 is 0 Å². The van der Waals surface area contributed by atoms with Crippen molar-refractivity contribution in [2.75, 3.05) is 0 Å². The number of thiophene rings is 1. The fourth-order valence-electron chi connectivity index (χ4n) is 1.14. The van der Waals surface area contributed by atoms with E-state index in [0.717, 1.165) is 11.3 Å². The molecule has 1 aromatic heterocycles. The molecule has 0 amide bonds. The third-order valence-electron chi connectivity index (χ3n) is 1.78. The summed E-state index contributed by atoms with van der Waals surface area (Å²) < 4.78 is 14.2. The minimum absolute atomic E-state index is 0.0220. The van der Waals surface area contributed by atoms with Crippen LogP contribution in [0.5, 0.6) is 0 Å². The van der Waals surface area contributed by atoms with E-state index in [2.05, 4.69) is 15.9 Å². The Morgan fingerprint density at radius 1 is 1.50 bits per heavy atom. The van der Waals surface area contributed by atoms with Crippen molar-refractivity contribution in [3.05, 3.63) is 37.9 Å². The van der Waals surface area contributed by atoms with Crippen LogP contribution in [0, 0.1) is 15.9 Å². The number of fused-ring (bicyclic) bond motifs is 1. The Morgan fingerprint density at radius 3 is 2.86 bits per heavy atom. The predicted octanol–water partition coefficient (Wildman–Crippen LogP) is 3.71. The van der Waals surface area contributed by atoms with Crippen molar-refractivity contribution < 1.29 is 9.31 Å². The summed E-state index contributed by atoms with van der Waals surface area (Å²) in [5, 5.41) is 10.9. The van der Waals surface area contributed by atoms with Gasteiger partial charge in [0.05, 0.1) is 4.92 Å². The molecule has 0 spiro atoms. The van der Waals surface area contributed by atoms with E-state index >= 15 is 0 Å². The first-order chi connectivity index (χ1) is 6.59. The van der Waals surface area contributed by atoms with Crippen LogP contribution in [0.2, 0.25) is 0 Å². The molecular formula is C8H3BrFNO2S. The number of benzene rings is 1. The summed E-state index contributed by atoms with van der Waals surface area (Å²) in [6, 6.07) is 4.09. The van der Waals surface area contributed by atoms with Crippen molar-refractivity contribution in [2.24, 2.45) is 0 Å². The summed E-state index contributed by atoms with van der Waals surface area (Å²) in [7, 11) is 0. The molecule has 6 heteroatoms. The van der Waals surface area contributed by atoms with Crippen LogP contribution in [0.4, 0.5) is 10.1 Å². The summed E-state index contributed by atoms with van der Waals surface area (Å²) >= 11 is 4.19. The molecule has 2 rings (SSSR count). The fourth-order valence-corrected chi connectivity index (χ4v) is 2.71. The lowest BCUT2D eigenvalue weighted by Crippen LogP contribution is -1.86. The normalized spacial score (nSPS) is 10.7. The van der Waals surface area contributed by atoms with Crippen LogP contribution in [0.1, 0.15) is 0 Å². The topological polar surface area (TPSA) is 43.1 Å². The van der Waals surface area contributed by atoms with Gasteiger partial charge in [0.25, 0.3) is 5.69 Å². The molecule has 0 saturated heterocycles. The highest BCUT2D eigenvalue weighted by Crippen LogP contribution is 2.35.